The van der Waals surface area contributed by atoms with E-state index in [4.69, 9.17) is 9.84 Å². The minimum Gasteiger partial charge on any atom is -0.450 e. The van der Waals surface area contributed by atoms with Crippen LogP contribution in [0.25, 0.3) is 0 Å². The lowest BCUT2D eigenvalue weighted by molar-refractivity contribution is -0.138. The molecule has 1 aromatic carbocycles. The van der Waals surface area contributed by atoms with E-state index in [2.05, 4.69) is 10.9 Å². The molecule has 0 aliphatic heterocycles. The van der Waals surface area contributed by atoms with Gasteiger partial charge in [-0.3, -0.25) is 20.4 Å². The molecule has 6 atom stereocenters. The van der Waals surface area contributed by atoms with Gasteiger partial charge in [-0.2, -0.15) is 13.2 Å². The number of halogens is 3. The Bertz CT molecular complexity index is 883. The number of hydrogen-bond donors (Lipinski definition) is 3. The van der Waals surface area contributed by atoms with Gasteiger partial charge >= 0.3 is 12.3 Å². The first-order valence-electron chi connectivity index (χ1n) is 9.02. The molecular weight excluding hydrogens is 393 g/mol. The molecule has 29 heavy (non-hydrogen) atoms. The second-order valence-electron chi connectivity index (χ2n) is 7.50. The standard InChI is InChI=1S/C19H17F3N2O5/c20-19(21,22)9-3-1-8(2-4-9)16(25)23-24-17(26)14-10-5-6-11(13-7-12(10)13)15(14)29-18(27)28/h1-6,10-15H,7H2,(H,23,25)(H,24,26)(H,27,28). The number of hydrazine groups is 1. The first-order valence-corrected chi connectivity index (χ1v) is 9.02. The van der Waals surface area contributed by atoms with Crippen LogP contribution < -0.4 is 10.9 Å². The second kappa shape index (κ2) is 6.78. The molecule has 3 N–H and O–H groups in total. The van der Waals surface area contributed by atoms with Crippen LogP contribution in [0.5, 0.6) is 0 Å². The number of carboxylic acid groups (broad SMARTS) is 1. The SMILES string of the molecule is O=C(O)OC1C2C=CC(C3CC23)C1C(=O)NNC(=O)c1ccc(C(F)(F)F)cc1. The van der Waals surface area contributed by atoms with E-state index in [1.54, 1.807) is 0 Å². The van der Waals surface area contributed by atoms with Crippen molar-refractivity contribution in [1.29, 1.82) is 0 Å². The quantitative estimate of drug-likeness (QED) is 0.404. The number of amides is 2. The van der Waals surface area contributed by atoms with E-state index in [1.807, 2.05) is 12.2 Å². The first kappa shape index (κ1) is 19.3. The zero-order valence-corrected chi connectivity index (χ0v) is 14.8. The van der Waals surface area contributed by atoms with Crippen molar-refractivity contribution in [2.24, 2.45) is 29.6 Å². The van der Waals surface area contributed by atoms with Crippen LogP contribution in [0.15, 0.2) is 36.4 Å². The van der Waals surface area contributed by atoms with Crippen LogP contribution in [0.4, 0.5) is 18.0 Å². The van der Waals surface area contributed by atoms with Crippen molar-refractivity contribution in [3.63, 3.8) is 0 Å². The number of rotatable bonds is 3. The number of carbonyl (C=O) groups excluding carboxylic acids is 2. The minimum absolute atomic E-state index is 0.0658. The molecule has 0 spiro atoms. The van der Waals surface area contributed by atoms with Crippen molar-refractivity contribution in [2.75, 3.05) is 0 Å². The summed E-state index contributed by atoms with van der Waals surface area (Å²) >= 11 is 0. The van der Waals surface area contributed by atoms with Crippen molar-refractivity contribution >= 4 is 18.0 Å². The van der Waals surface area contributed by atoms with Gasteiger partial charge in [-0.1, -0.05) is 12.2 Å². The van der Waals surface area contributed by atoms with E-state index in [9.17, 15) is 27.6 Å². The second-order valence-corrected chi connectivity index (χ2v) is 7.50. The number of fused-ring (bicyclic) bond motifs is 1. The van der Waals surface area contributed by atoms with Gasteiger partial charge in [0.15, 0.2) is 0 Å². The number of ether oxygens (including phenoxy) is 1. The van der Waals surface area contributed by atoms with Gasteiger partial charge in [0, 0.05) is 11.5 Å². The topological polar surface area (TPSA) is 105 Å². The van der Waals surface area contributed by atoms with E-state index in [0.29, 0.717) is 11.8 Å². The van der Waals surface area contributed by atoms with Gasteiger partial charge < -0.3 is 9.84 Å². The highest BCUT2D eigenvalue weighted by Crippen LogP contribution is 2.62. The summed E-state index contributed by atoms with van der Waals surface area (Å²) in [5.41, 5.74) is 3.47. The van der Waals surface area contributed by atoms with Crippen LogP contribution in [0.2, 0.25) is 0 Å². The largest absolute Gasteiger partial charge is 0.506 e. The zero-order chi connectivity index (χ0) is 20.9. The molecule has 7 nitrogen and oxygen atoms in total. The van der Waals surface area contributed by atoms with Crippen LogP contribution >= 0.6 is 0 Å². The predicted molar refractivity (Wildman–Crippen MR) is 91.2 cm³/mol. The molecule has 2 amide bonds. The Kier molecular flexibility index (Phi) is 4.51. The summed E-state index contributed by atoms with van der Waals surface area (Å²) < 4.78 is 42.8. The van der Waals surface area contributed by atoms with Crippen LogP contribution in [0.1, 0.15) is 22.3 Å². The average Bonchev–Trinajstić information content (AvgIpc) is 3.47. The number of benzene rings is 1. The Morgan fingerprint density at radius 2 is 1.62 bits per heavy atom. The molecule has 10 heteroatoms. The van der Waals surface area contributed by atoms with Crippen molar-refractivity contribution in [2.45, 2.75) is 18.7 Å². The molecular formula is C19H17F3N2O5. The van der Waals surface area contributed by atoms with Gasteiger partial charge in [0.25, 0.3) is 5.91 Å². The summed E-state index contributed by atoms with van der Waals surface area (Å²) in [5, 5.41) is 9.01. The highest BCUT2D eigenvalue weighted by atomic mass is 19.4. The number of alkyl halides is 3. The molecule has 0 aromatic heterocycles. The molecule has 2 fully saturated rings. The third-order valence-corrected chi connectivity index (χ3v) is 5.90. The van der Waals surface area contributed by atoms with Crippen molar-refractivity contribution < 1.29 is 37.4 Å². The van der Waals surface area contributed by atoms with Gasteiger partial charge in [-0.05, 0) is 48.4 Å². The Hall–Kier alpha value is -3.04. The lowest BCUT2D eigenvalue weighted by Gasteiger charge is -2.42. The van der Waals surface area contributed by atoms with Crippen molar-refractivity contribution in [1.82, 2.24) is 10.9 Å². The van der Waals surface area contributed by atoms with E-state index >= 15 is 0 Å². The molecule has 2 bridgehead atoms. The molecule has 5 rings (SSSR count). The molecule has 1 aromatic rings. The number of nitrogens with one attached hydrogen (secondary N) is 2. The lowest BCUT2D eigenvalue weighted by Crippen LogP contribution is -2.55. The van der Waals surface area contributed by atoms with Gasteiger partial charge in [0.2, 0.25) is 5.91 Å². The highest BCUT2D eigenvalue weighted by Gasteiger charge is 2.62. The fourth-order valence-electron chi connectivity index (χ4n) is 4.54. The molecule has 4 aliphatic rings. The molecule has 2 saturated carbocycles. The monoisotopic (exact) mass is 410 g/mol. The molecule has 4 aliphatic carbocycles. The van der Waals surface area contributed by atoms with E-state index < -0.39 is 41.7 Å². The van der Waals surface area contributed by atoms with E-state index in [-0.39, 0.29) is 17.4 Å². The molecule has 6 unspecified atom stereocenters. The Morgan fingerprint density at radius 1 is 1.00 bits per heavy atom. The summed E-state index contributed by atoms with van der Waals surface area (Å²) in [6, 6.07) is 3.54. The summed E-state index contributed by atoms with van der Waals surface area (Å²) in [6.07, 6.45) is -2.16. The third kappa shape index (κ3) is 3.54. The number of carbonyl (C=O) groups is 3. The van der Waals surface area contributed by atoms with E-state index in [0.717, 1.165) is 30.7 Å². The predicted octanol–water partition coefficient (Wildman–Crippen LogP) is 2.60. The summed E-state index contributed by atoms with van der Waals surface area (Å²) in [4.78, 5) is 35.9. The fraction of sp³-hybridized carbons (Fsp3) is 0.421. The first-order chi connectivity index (χ1) is 13.7. The highest BCUT2D eigenvalue weighted by molar-refractivity contribution is 5.95. The van der Waals surface area contributed by atoms with E-state index in [1.165, 1.54) is 0 Å². The average molecular weight is 410 g/mol. The maximum absolute atomic E-state index is 12.7. The smallest absolute Gasteiger partial charge is 0.450 e. The zero-order valence-electron chi connectivity index (χ0n) is 14.8. The normalized spacial score (nSPS) is 31.6. The summed E-state index contributed by atoms with van der Waals surface area (Å²) in [5.74, 6) is -1.93. The van der Waals surface area contributed by atoms with Gasteiger partial charge in [-0.15, -0.1) is 0 Å². The Balaban J connectivity index is 1.41. The number of hydrogen-bond acceptors (Lipinski definition) is 4. The fourth-order valence-corrected chi connectivity index (χ4v) is 4.54. The third-order valence-electron chi connectivity index (χ3n) is 5.90. The molecule has 0 heterocycles. The maximum atomic E-state index is 12.7. The van der Waals surface area contributed by atoms with Gasteiger partial charge in [-0.25, -0.2) is 4.79 Å². The van der Waals surface area contributed by atoms with Gasteiger partial charge in [0.05, 0.1) is 11.5 Å². The van der Waals surface area contributed by atoms with Gasteiger partial charge in [0.1, 0.15) is 6.10 Å². The van der Waals surface area contributed by atoms with Crippen LogP contribution in [0, 0.1) is 29.6 Å². The Labute approximate surface area is 162 Å². The lowest BCUT2D eigenvalue weighted by atomic mass is 9.66. The minimum atomic E-state index is -4.52. The maximum Gasteiger partial charge on any atom is 0.506 e. The van der Waals surface area contributed by atoms with Crippen molar-refractivity contribution in [3.05, 3.63) is 47.5 Å². The van der Waals surface area contributed by atoms with Crippen LogP contribution in [-0.4, -0.2) is 29.2 Å². The molecule has 154 valence electrons. The van der Waals surface area contributed by atoms with Crippen LogP contribution in [0.3, 0.4) is 0 Å². The molecule has 0 saturated heterocycles. The number of allylic oxidation sites excluding steroid dienone is 1. The Morgan fingerprint density at radius 3 is 2.24 bits per heavy atom. The summed E-state index contributed by atoms with van der Waals surface area (Å²) in [7, 11) is 0. The summed E-state index contributed by atoms with van der Waals surface area (Å²) in [6.45, 7) is 0. The molecule has 0 radical (unpaired) electrons. The van der Waals surface area contributed by atoms with Crippen LogP contribution in [-0.2, 0) is 15.7 Å². The van der Waals surface area contributed by atoms with Crippen molar-refractivity contribution in [3.8, 4) is 0 Å².